The van der Waals surface area contributed by atoms with Crippen LogP contribution < -0.4 is 10.6 Å². The van der Waals surface area contributed by atoms with E-state index in [0.717, 1.165) is 48.5 Å². The van der Waals surface area contributed by atoms with Gasteiger partial charge in [0.05, 0.1) is 13.0 Å². The zero-order valence-electron chi connectivity index (χ0n) is 19.9. The molecule has 1 amide bonds. The Bertz CT molecular complexity index is 1030. The lowest BCUT2D eigenvalue weighted by Crippen LogP contribution is -2.28. The summed E-state index contributed by atoms with van der Waals surface area (Å²) < 4.78 is 0. The number of nitrogens with zero attached hydrogens (tertiary/aromatic N) is 1. The van der Waals surface area contributed by atoms with Crippen LogP contribution in [0.5, 0.6) is 0 Å². The number of hydrogen-bond acceptors (Lipinski definition) is 5. The number of benzene rings is 2. The number of Topliss-reactive ketones (excluding diaryl/α,β-unsaturated/α-hetero) is 1. The van der Waals surface area contributed by atoms with Crippen molar-refractivity contribution in [1.82, 2.24) is 5.32 Å². The smallest absolute Gasteiger partial charge is 0.303 e. The predicted octanol–water partition coefficient (Wildman–Crippen LogP) is 5.23. The summed E-state index contributed by atoms with van der Waals surface area (Å²) in [6.07, 6.45) is 3.36. The van der Waals surface area contributed by atoms with Crippen molar-refractivity contribution in [3.05, 3.63) is 64.2 Å². The predicted molar refractivity (Wildman–Crippen MR) is 136 cm³/mol. The van der Waals surface area contributed by atoms with Gasteiger partial charge in [-0.1, -0.05) is 30.7 Å². The number of carbonyl (C=O) groups excluding carboxylic acids is 2. The monoisotopic (exact) mass is 485 g/mol. The Morgan fingerprint density at radius 1 is 1.15 bits per heavy atom. The number of nitrogens with one attached hydrogen (secondary N) is 2. The fourth-order valence-electron chi connectivity index (χ4n) is 3.44. The van der Waals surface area contributed by atoms with Gasteiger partial charge in [0.2, 0.25) is 0 Å². The molecule has 2 aromatic carbocycles. The van der Waals surface area contributed by atoms with Gasteiger partial charge in [-0.25, -0.2) is 0 Å². The molecular formula is C26H32ClN3O4. The molecule has 3 rings (SSSR count). The first kappa shape index (κ1) is 27.1. The second-order valence-electron chi connectivity index (χ2n) is 8.44. The highest BCUT2D eigenvalue weighted by molar-refractivity contribution is 6.30. The van der Waals surface area contributed by atoms with E-state index in [1.165, 1.54) is 6.92 Å². The maximum atomic E-state index is 11.9. The van der Waals surface area contributed by atoms with Crippen LogP contribution >= 0.6 is 11.6 Å². The summed E-state index contributed by atoms with van der Waals surface area (Å²) in [6, 6.07) is 12.9. The van der Waals surface area contributed by atoms with Crippen LogP contribution in [0, 0.1) is 6.92 Å². The van der Waals surface area contributed by atoms with Gasteiger partial charge in [-0.15, -0.1) is 0 Å². The van der Waals surface area contributed by atoms with E-state index in [9.17, 15) is 14.4 Å². The SMILES string of the molecule is CC(=O)CNC(=O)c1cccc(NC2=NCCCC2)c1.Cc1cc(Cl)cc(C(C)CC(=O)O)c1. The van der Waals surface area contributed by atoms with E-state index in [4.69, 9.17) is 16.7 Å². The number of ketones is 1. The fraction of sp³-hybridized carbons (Fsp3) is 0.385. The number of anilines is 1. The lowest BCUT2D eigenvalue weighted by Gasteiger charge is -2.14. The molecular weight excluding hydrogens is 454 g/mol. The van der Waals surface area contributed by atoms with Gasteiger partial charge in [-0.2, -0.15) is 0 Å². The van der Waals surface area contributed by atoms with Crippen molar-refractivity contribution in [2.45, 2.75) is 52.4 Å². The molecule has 0 aromatic heterocycles. The lowest BCUT2D eigenvalue weighted by atomic mass is 9.96. The maximum absolute atomic E-state index is 11.9. The number of hydrogen-bond donors (Lipinski definition) is 3. The summed E-state index contributed by atoms with van der Waals surface area (Å²) >= 11 is 5.88. The number of aryl methyl sites for hydroxylation is 1. The molecule has 0 saturated carbocycles. The standard InChI is InChI=1S/C15H19N3O2.C11H13ClO2/c1-11(19)10-17-15(20)12-5-4-6-13(9-12)18-14-7-2-3-8-16-14;1-7-3-9(6-10(12)4-7)8(2)5-11(13)14/h4-6,9H,2-3,7-8,10H2,1H3,(H,16,18)(H,17,20);3-4,6,8H,5H2,1-2H3,(H,13,14). The molecule has 0 aliphatic carbocycles. The minimum Gasteiger partial charge on any atom is -0.481 e. The molecule has 3 N–H and O–H groups in total. The number of carboxylic acids is 1. The number of aliphatic imine (C=N–C) groups is 1. The number of amidine groups is 1. The minimum atomic E-state index is -0.782. The Morgan fingerprint density at radius 2 is 1.91 bits per heavy atom. The van der Waals surface area contributed by atoms with Gasteiger partial charge in [-0.05, 0) is 74.1 Å². The van der Waals surface area contributed by atoms with Crippen molar-refractivity contribution < 1.29 is 19.5 Å². The van der Waals surface area contributed by atoms with Crippen molar-refractivity contribution in [2.75, 3.05) is 18.4 Å². The van der Waals surface area contributed by atoms with Crippen LogP contribution in [0.4, 0.5) is 5.69 Å². The van der Waals surface area contributed by atoms with Gasteiger partial charge < -0.3 is 15.7 Å². The molecule has 0 spiro atoms. The average Bonchev–Trinajstić information content (AvgIpc) is 2.77. The Labute approximate surface area is 205 Å². The van der Waals surface area contributed by atoms with Crippen molar-refractivity contribution in [2.24, 2.45) is 4.99 Å². The molecule has 7 nitrogen and oxygen atoms in total. The molecule has 182 valence electrons. The van der Waals surface area contributed by atoms with E-state index in [1.54, 1.807) is 12.1 Å². The third-order valence-electron chi connectivity index (χ3n) is 5.15. The molecule has 1 atom stereocenters. The van der Waals surface area contributed by atoms with Gasteiger partial charge in [0.25, 0.3) is 5.91 Å². The van der Waals surface area contributed by atoms with Crippen molar-refractivity contribution in [3.8, 4) is 0 Å². The van der Waals surface area contributed by atoms with Gasteiger partial charge in [-0.3, -0.25) is 19.4 Å². The van der Waals surface area contributed by atoms with Crippen molar-refractivity contribution in [1.29, 1.82) is 0 Å². The first-order valence-corrected chi connectivity index (χ1v) is 11.7. The molecule has 0 fully saturated rings. The summed E-state index contributed by atoms with van der Waals surface area (Å²) in [5.41, 5.74) is 3.43. The molecule has 2 aromatic rings. The van der Waals surface area contributed by atoms with E-state index < -0.39 is 5.97 Å². The molecule has 0 bridgehead atoms. The van der Waals surface area contributed by atoms with Crippen molar-refractivity contribution in [3.63, 3.8) is 0 Å². The minimum absolute atomic E-state index is 0.00454. The highest BCUT2D eigenvalue weighted by Gasteiger charge is 2.11. The van der Waals surface area contributed by atoms with Crippen LogP contribution in [0.15, 0.2) is 47.5 Å². The molecule has 1 unspecified atom stereocenters. The summed E-state index contributed by atoms with van der Waals surface area (Å²) in [5.74, 6) is -0.115. The van der Waals surface area contributed by atoms with Gasteiger partial charge in [0, 0.05) is 29.2 Å². The van der Waals surface area contributed by atoms with E-state index in [-0.39, 0.29) is 30.6 Å². The zero-order valence-corrected chi connectivity index (χ0v) is 20.6. The van der Waals surface area contributed by atoms with Crippen LogP contribution in [0.1, 0.15) is 66.9 Å². The number of aliphatic carboxylic acids is 1. The number of carboxylic acid groups (broad SMARTS) is 1. The van der Waals surface area contributed by atoms with Gasteiger partial charge in [0.15, 0.2) is 0 Å². The van der Waals surface area contributed by atoms with Crippen molar-refractivity contribution >= 4 is 40.8 Å². The Morgan fingerprint density at radius 3 is 2.53 bits per heavy atom. The topological polar surface area (TPSA) is 108 Å². The second-order valence-corrected chi connectivity index (χ2v) is 8.87. The molecule has 8 heteroatoms. The summed E-state index contributed by atoms with van der Waals surface area (Å²) in [6.45, 7) is 6.20. The largest absolute Gasteiger partial charge is 0.481 e. The van der Waals surface area contributed by atoms with Crippen LogP contribution in [0.25, 0.3) is 0 Å². The van der Waals surface area contributed by atoms with Gasteiger partial charge >= 0.3 is 5.97 Å². The molecule has 34 heavy (non-hydrogen) atoms. The number of halogens is 1. The second kappa shape index (κ2) is 13.5. The van der Waals surface area contributed by atoms with E-state index in [1.807, 2.05) is 44.2 Å². The first-order chi connectivity index (χ1) is 16.1. The Hall–Kier alpha value is -3.19. The molecule has 0 radical (unpaired) electrons. The Balaban J connectivity index is 0.000000257. The summed E-state index contributed by atoms with van der Waals surface area (Å²) in [4.78, 5) is 37.7. The number of rotatable bonds is 7. The van der Waals surface area contributed by atoms with E-state index in [2.05, 4.69) is 15.6 Å². The quantitative estimate of drug-likeness (QED) is 0.498. The van der Waals surface area contributed by atoms with Crippen LogP contribution in [-0.4, -0.2) is 41.7 Å². The van der Waals surface area contributed by atoms with E-state index >= 15 is 0 Å². The Kier molecular flexibility index (Phi) is 10.7. The van der Waals surface area contributed by atoms with Gasteiger partial charge in [0.1, 0.15) is 11.6 Å². The molecule has 1 aliphatic heterocycles. The zero-order chi connectivity index (χ0) is 25.1. The highest BCUT2D eigenvalue weighted by Crippen LogP contribution is 2.23. The first-order valence-electron chi connectivity index (χ1n) is 11.3. The van der Waals surface area contributed by atoms with Crippen LogP contribution in [-0.2, 0) is 9.59 Å². The molecule has 0 saturated heterocycles. The third-order valence-corrected chi connectivity index (χ3v) is 5.37. The molecule has 1 heterocycles. The summed E-state index contributed by atoms with van der Waals surface area (Å²) in [7, 11) is 0. The lowest BCUT2D eigenvalue weighted by molar-refractivity contribution is -0.137. The van der Waals surface area contributed by atoms with Crippen LogP contribution in [0.3, 0.4) is 0 Å². The average molecular weight is 486 g/mol. The number of amides is 1. The maximum Gasteiger partial charge on any atom is 0.303 e. The third kappa shape index (κ3) is 9.75. The highest BCUT2D eigenvalue weighted by atomic mass is 35.5. The molecule has 1 aliphatic rings. The number of carbonyl (C=O) groups is 3. The van der Waals surface area contributed by atoms with Crippen LogP contribution in [0.2, 0.25) is 5.02 Å². The normalized spacial score (nSPS) is 13.6. The fourth-order valence-corrected chi connectivity index (χ4v) is 3.74. The van der Waals surface area contributed by atoms with E-state index in [0.29, 0.717) is 10.6 Å². The summed E-state index contributed by atoms with van der Waals surface area (Å²) in [5, 5.41) is 15.1.